The molecular weight excluding hydrogens is 395 g/mol. The Bertz CT molecular complexity index is 950. The highest BCUT2D eigenvalue weighted by Crippen LogP contribution is 2.39. The van der Waals surface area contributed by atoms with Crippen molar-refractivity contribution in [1.29, 1.82) is 0 Å². The molecule has 1 N–H and O–H groups in total. The van der Waals surface area contributed by atoms with Gasteiger partial charge in [0.2, 0.25) is 0 Å². The average molecular weight is 425 g/mol. The van der Waals surface area contributed by atoms with E-state index in [2.05, 4.69) is 17.4 Å². The van der Waals surface area contributed by atoms with Crippen LogP contribution in [0.5, 0.6) is 0 Å². The van der Waals surface area contributed by atoms with E-state index in [1.807, 2.05) is 24.0 Å². The molecule has 0 bridgehead atoms. The molecule has 164 valence electrons. The van der Waals surface area contributed by atoms with Crippen molar-refractivity contribution in [3.8, 4) is 0 Å². The van der Waals surface area contributed by atoms with Gasteiger partial charge in [-0.05, 0) is 55.1 Å². The lowest BCUT2D eigenvalue weighted by Crippen LogP contribution is -2.58. The smallest absolute Gasteiger partial charge is 0.252 e. The van der Waals surface area contributed by atoms with Gasteiger partial charge in [-0.2, -0.15) is 0 Å². The van der Waals surface area contributed by atoms with E-state index in [1.54, 1.807) is 12.1 Å². The number of halogens is 1. The Morgan fingerprint density at radius 1 is 1.26 bits per heavy atom. The van der Waals surface area contributed by atoms with E-state index in [-0.39, 0.29) is 29.4 Å². The van der Waals surface area contributed by atoms with Crippen LogP contribution in [0.1, 0.15) is 42.5 Å². The first kappa shape index (κ1) is 20.6. The summed E-state index contributed by atoms with van der Waals surface area (Å²) in [6.07, 6.45) is 1.81. The second-order valence-corrected chi connectivity index (χ2v) is 8.72. The summed E-state index contributed by atoms with van der Waals surface area (Å²) in [5.41, 5.74) is 2.93. The summed E-state index contributed by atoms with van der Waals surface area (Å²) in [7, 11) is 0. The number of carbonyl (C=O) groups is 1. The van der Waals surface area contributed by atoms with Crippen LogP contribution in [0.25, 0.3) is 0 Å². The molecule has 0 radical (unpaired) electrons. The molecule has 5 rings (SSSR count). The third kappa shape index (κ3) is 3.67. The summed E-state index contributed by atoms with van der Waals surface area (Å²) in [5, 5.41) is 3.52. The molecule has 0 saturated carbocycles. The Kier molecular flexibility index (Phi) is 5.54. The molecule has 0 unspecified atom stereocenters. The lowest BCUT2D eigenvalue weighted by Gasteiger charge is -2.44. The van der Waals surface area contributed by atoms with E-state index in [4.69, 9.17) is 9.47 Å². The minimum atomic E-state index is -0.502. The Hall–Kier alpha value is -2.28. The summed E-state index contributed by atoms with van der Waals surface area (Å²) in [6, 6.07) is 14.6. The molecule has 6 heteroatoms. The molecular formula is C25H29FN2O3. The van der Waals surface area contributed by atoms with Crippen LogP contribution >= 0.6 is 0 Å². The van der Waals surface area contributed by atoms with Crippen molar-refractivity contribution in [2.75, 3.05) is 26.3 Å². The normalized spacial score (nSPS) is 30.0. The largest absolute Gasteiger partial charge is 0.371 e. The van der Waals surface area contributed by atoms with E-state index >= 15 is 0 Å². The maximum Gasteiger partial charge on any atom is 0.252 e. The average Bonchev–Trinajstić information content (AvgIpc) is 3.21. The Balaban J connectivity index is 1.43. The monoisotopic (exact) mass is 424 g/mol. The number of fused-ring (bicyclic) bond motifs is 2. The molecule has 0 aromatic heterocycles. The molecule has 3 aliphatic heterocycles. The number of ether oxygens (including phenoxy) is 2. The first-order valence-electron chi connectivity index (χ1n) is 11.2. The zero-order valence-electron chi connectivity index (χ0n) is 17.9. The van der Waals surface area contributed by atoms with Crippen molar-refractivity contribution < 1.29 is 18.7 Å². The molecule has 5 nitrogen and oxygen atoms in total. The summed E-state index contributed by atoms with van der Waals surface area (Å²) in [6.45, 7) is 4.56. The SMILES string of the molecule is CCO[C@]12CCN[C@H]1C[C@H](C(=O)N1CCc3ccccc3[C@@H]1c1ccc(F)cc1)OC2. The van der Waals surface area contributed by atoms with Crippen LogP contribution in [0.2, 0.25) is 0 Å². The van der Waals surface area contributed by atoms with E-state index in [9.17, 15) is 9.18 Å². The van der Waals surface area contributed by atoms with Gasteiger partial charge in [-0.3, -0.25) is 4.79 Å². The molecule has 2 aromatic rings. The highest BCUT2D eigenvalue weighted by molar-refractivity contribution is 5.82. The highest BCUT2D eigenvalue weighted by Gasteiger charge is 2.51. The van der Waals surface area contributed by atoms with Crippen LogP contribution in [0, 0.1) is 5.82 Å². The van der Waals surface area contributed by atoms with Crippen molar-refractivity contribution in [1.82, 2.24) is 10.2 Å². The van der Waals surface area contributed by atoms with Gasteiger partial charge in [-0.15, -0.1) is 0 Å². The standard InChI is InChI=1S/C25H29FN2O3/c1-2-31-25-12-13-27-22(25)15-21(30-16-25)24(29)28-14-11-17-5-3-4-6-20(17)23(28)18-7-9-19(26)10-8-18/h3-10,21-23,27H,2,11-16H2,1H3/t21-,22+,23+,25+/m1/s1. The van der Waals surface area contributed by atoms with Crippen LogP contribution in [-0.4, -0.2) is 54.9 Å². The van der Waals surface area contributed by atoms with Crippen molar-refractivity contribution >= 4 is 5.91 Å². The van der Waals surface area contributed by atoms with E-state index in [0.717, 1.165) is 30.5 Å². The molecule has 3 heterocycles. The topological polar surface area (TPSA) is 50.8 Å². The van der Waals surface area contributed by atoms with Gasteiger partial charge in [0.05, 0.1) is 12.6 Å². The van der Waals surface area contributed by atoms with Crippen molar-refractivity contribution in [3.63, 3.8) is 0 Å². The number of carbonyl (C=O) groups excluding carboxylic acids is 1. The molecule has 0 spiro atoms. The minimum Gasteiger partial charge on any atom is -0.371 e. The Morgan fingerprint density at radius 3 is 2.87 bits per heavy atom. The fourth-order valence-electron chi connectivity index (χ4n) is 5.48. The van der Waals surface area contributed by atoms with Crippen LogP contribution in [0.15, 0.2) is 48.5 Å². The predicted octanol–water partition coefficient (Wildman–Crippen LogP) is 3.23. The molecule has 4 atom stereocenters. The summed E-state index contributed by atoms with van der Waals surface area (Å²) in [5.74, 6) is -0.275. The molecule has 0 aliphatic carbocycles. The number of nitrogens with zero attached hydrogens (tertiary/aromatic N) is 1. The van der Waals surface area contributed by atoms with Crippen molar-refractivity contribution in [2.24, 2.45) is 0 Å². The van der Waals surface area contributed by atoms with E-state index in [1.165, 1.54) is 17.7 Å². The Morgan fingerprint density at radius 2 is 2.06 bits per heavy atom. The molecule has 2 aromatic carbocycles. The molecule has 31 heavy (non-hydrogen) atoms. The van der Waals surface area contributed by atoms with Gasteiger partial charge in [0.15, 0.2) is 0 Å². The zero-order chi connectivity index (χ0) is 21.4. The third-order valence-corrected chi connectivity index (χ3v) is 7.01. The van der Waals surface area contributed by atoms with Gasteiger partial charge >= 0.3 is 0 Å². The zero-order valence-corrected chi connectivity index (χ0v) is 17.9. The summed E-state index contributed by atoms with van der Waals surface area (Å²) >= 11 is 0. The van der Waals surface area contributed by atoms with Gasteiger partial charge < -0.3 is 19.7 Å². The number of rotatable bonds is 4. The lowest BCUT2D eigenvalue weighted by atomic mass is 9.85. The molecule has 3 aliphatic rings. The number of amides is 1. The van der Waals surface area contributed by atoms with Crippen molar-refractivity contribution in [3.05, 3.63) is 71.0 Å². The van der Waals surface area contributed by atoms with Crippen molar-refractivity contribution in [2.45, 2.75) is 50.0 Å². The van der Waals surface area contributed by atoms with Gasteiger partial charge in [0.1, 0.15) is 17.5 Å². The van der Waals surface area contributed by atoms with Gasteiger partial charge in [-0.25, -0.2) is 4.39 Å². The predicted molar refractivity (Wildman–Crippen MR) is 115 cm³/mol. The second kappa shape index (κ2) is 8.34. The first-order valence-corrected chi connectivity index (χ1v) is 11.2. The van der Waals surface area contributed by atoms with E-state index in [0.29, 0.717) is 26.2 Å². The quantitative estimate of drug-likeness (QED) is 0.819. The van der Waals surface area contributed by atoms with Gasteiger partial charge in [0.25, 0.3) is 5.91 Å². The fourth-order valence-corrected chi connectivity index (χ4v) is 5.48. The number of nitrogens with one attached hydrogen (secondary N) is 1. The van der Waals surface area contributed by atoms with Gasteiger partial charge in [0, 0.05) is 25.6 Å². The van der Waals surface area contributed by atoms with Crippen LogP contribution in [0.3, 0.4) is 0 Å². The molecule has 1 amide bonds. The lowest BCUT2D eigenvalue weighted by molar-refractivity contribution is -0.175. The number of benzene rings is 2. The van der Waals surface area contributed by atoms with Gasteiger partial charge in [-0.1, -0.05) is 36.4 Å². The minimum absolute atomic E-state index is 0.00243. The molecule has 2 saturated heterocycles. The van der Waals surface area contributed by atoms with E-state index < -0.39 is 6.10 Å². The number of hydrogen-bond donors (Lipinski definition) is 1. The maximum absolute atomic E-state index is 13.7. The third-order valence-electron chi connectivity index (χ3n) is 7.01. The first-order chi connectivity index (χ1) is 15.1. The van der Waals surface area contributed by atoms with Crippen LogP contribution in [-0.2, 0) is 20.7 Å². The molecule has 2 fully saturated rings. The highest BCUT2D eigenvalue weighted by atomic mass is 19.1. The summed E-state index contributed by atoms with van der Waals surface area (Å²) in [4.78, 5) is 15.6. The number of hydrogen-bond acceptors (Lipinski definition) is 4. The van der Waals surface area contributed by atoms with Crippen LogP contribution < -0.4 is 5.32 Å². The van der Waals surface area contributed by atoms with Crippen LogP contribution in [0.4, 0.5) is 4.39 Å². The Labute approximate surface area is 182 Å². The fraction of sp³-hybridized carbons (Fsp3) is 0.480. The maximum atomic E-state index is 13.7. The second-order valence-electron chi connectivity index (χ2n) is 8.72. The summed E-state index contributed by atoms with van der Waals surface area (Å²) < 4.78 is 25.8.